The van der Waals surface area contributed by atoms with Gasteiger partial charge < -0.3 is 10.3 Å². The molecular formula is C16H15FIN3. The average molecular weight is 395 g/mol. The number of rotatable bonds is 2. The molecular weight excluding hydrogens is 380 g/mol. The Kier molecular flexibility index (Phi) is 3.61. The number of fused-ring (bicyclic) bond motifs is 1. The maximum Gasteiger partial charge on any atom is 0.201 e. The van der Waals surface area contributed by atoms with Gasteiger partial charge in [0, 0.05) is 6.07 Å². The fourth-order valence-corrected chi connectivity index (χ4v) is 2.96. The van der Waals surface area contributed by atoms with Gasteiger partial charge in [0.15, 0.2) is 0 Å². The highest BCUT2D eigenvalue weighted by atomic mass is 127. The highest BCUT2D eigenvalue weighted by Gasteiger charge is 2.17. The number of hydrogen-bond acceptors (Lipinski definition) is 2. The summed E-state index contributed by atoms with van der Waals surface area (Å²) in [4.78, 5) is 4.35. The molecule has 108 valence electrons. The molecule has 0 aliphatic rings. The minimum absolute atomic E-state index is 0.00457. The first-order valence-electron chi connectivity index (χ1n) is 6.66. The maximum atomic E-state index is 13.9. The summed E-state index contributed by atoms with van der Waals surface area (Å²) < 4.78 is 16.3. The summed E-state index contributed by atoms with van der Waals surface area (Å²) in [6, 6.07) is 11.5. The van der Waals surface area contributed by atoms with Crippen molar-refractivity contribution < 1.29 is 4.39 Å². The van der Waals surface area contributed by atoms with Gasteiger partial charge in [-0.25, -0.2) is 9.37 Å². The third-order valence-corrected chi connectivity index (χ3v) is 4.53. The lowest BCUT2D eigenvalue weighted by Crippen LogP contribution is -2.10. The third-order valence-electron chi connectivity index (χ3n) is 3.71. The van der Waals surface area contributed by atoms with E-state index in [0.717, 1.165) is 16.6 Å². The second kappa shape index (κ2) is 5.29. The van der Waals surface area contributed by atoms with Crippen molar-refractivity contribution in [1.82, 2.24) is 9.55 Å². The van der Waals surface area contributed by atoms with Gasteiger partial charge in [-0.05, 0) is 48.1 Å². The van der Waals surface area contributed by atoms with Crippen LogP contribution in [-0.2, 0) is 0 Å². The summed E-state index contributed by atoms with van der Waals surface area (Å²) in [5.74, 6) is 0.153. The van der Waals surface area contributed by atoms with Crippen molar-refractivity contribution >= 4 is 39.6 Å². The number of halogens is 2. The molecule has 1 atom stereocenters. The second-order valence-electron chi connectivity index (χ2n) is 5.18. The first-order chi connectivity index (χ1) is 9.97. The standard InChI is InChI=1S/C16H15FIN3/c1-9-3-5-11(6-4-9)10(2)21-15-7-12(17)13(18)8-14(15)20-16(21)19/h3-8,10H,1-2H3,(H2,19,20). The second-order valence-corrected chi connectivity index (χ2v) is 6.34. The maximum absolute atomic E-state index is 13.9. The molecule has 0 bridgehead atoms. The number of nitrogens with zero attached hydrogens (tertiary/aromatic N) is 2. The zero-order valence-corrected chi connectivity index (χ0v) is 13.9. The molecule has 0 radical (unpaired) electrons. The molecule has 0 fully saturated rings. The molecule has 2 aromatic carbocycles. The molecule has 0 aliphatic carbocycles. The highest BCUT2D eigenvalue weighted by molar-refractivity contribution is 14.1. The van der Waals surface area contributed by atoms with Crippen LogP contribution in [0.2, 0.25) is 0 Å². The number of imidazole rings is 1. The van der Waals surface area contributed by atoms with Crippen LogP contribution in [-0.4, -0.2) is 9.55 Å². The first kappa shape index (κ1) is 14.3. The van der Waals surface area contributed by atoms with Gasteiger partial charge in [-0.15, -0.1) is 0 Å². The van der Waals surface area contributed by atoms with E-state index in [1.807, 2.05) is 41.0 Å². The molecule has 0 saturated carbocycles. The van der Waals surface area contributed by atoms with Crippen LogP contribution in [0, 0.1) is 16.3 Å². The zero-order chi connectivity index (χ0) is 15.1. The number of aromatic nitrogens is 2. The smallest absolute Gasteiger partial charge is 0.201 e. The summed E-state index contributed by atoms with van der Waals surface area (Å²) in [6.07, 6.45) is 0. The molecule has 1 unspecified atom stereocenters. The van der Waals surface area contributed by atoms with Gasteiger partial charge in [0.05, 0.1) is 20.6 Å². The van der Waals surface area contributed by atoms with Crippen molar-refractivity contribution in [2.75, 3.05) is 5.73 Å². The third kappa shape index (κ3) is 2.50. The van der Waals surface area contributed by atoms with E-state index in [2.05, 4.69) is 29.2 Å². The van der Waals surface area contributed by atoms with Gasteiger partial charge >= 0.3 is 0 Å². The van der Waals surface area contributed by atoms with Crippen LogP contribution in [0.1, 0.15) is 24.1 Å². The number of nitrogens with two attached hydrogens (primary N) is 1. The van der Waals surface area contributed by atoms with E-state index in [9.17, 15) is 4.39 Å². The lowest BCUT2D eigenvalue weighted by molar-refractivity contribution is 0.618. The van der Waals surface area contributed by atoms with Crippen molar-refractivity contribution in [3.8, 4) is 0 Å². The molecule has 1 aromatic heterocycles. The predicted octanol–water partition coefficient (Wildman–Crippen LogP) is 4.28. The lowest BCUT2D eigenvalue weighted by Gasteiger charge is -2.17. The number of nitrogen functional groups attached to an aromatic ring is 1. The highest BCUT2D eigenvalue weighted by Crippen LogP contribution is 2.29. The fraction of sp³-hybridized carbons (Fsp3) is 0.188. The largest absolute Gasteiger partial charge is 0.369 e. The minimum Gasteiger partial charge on any atom is -0.369 e. The van der Waals surface area contributed by atoms with Crippen LogP contribution in [0.5, 0.6) is 0 Å². The minimum atomic E-state index is -0.250. The number of benzene rings is 2. The van der Waals surface area contributed by atoms with Crippen molar-refractivity contribution in [3.05, 3.63) is 56.9 Å². The van der Waals surface area contributed by atoms with E-state index >= 15 is 0 Å². The molecule has 0 saturated heterocycles. The van der Waals surface area contributed by atoms with E-state index in [-0.39, 0.29) is 11.9 Å². The Morgan fingerprint density at radius 1 is 1.24 bits per heavy atom. The Hall–Kier alpha value is -1.63. The van der Waals surface area contributed by atoms with Gasteiger partial charge in [-0.3, -0.25) is 0 Å². The molecule has 0 amide bonds. The monoisotopic (exact) mass is 395 g/mol. The Balaban J connectivity index is 2.17. The van der Waals surface area contributed by atoms with E-state index in [1.165, 1.54) is 11.6 Å². The SMILES string of the molecule is Cc1ccc(C(C)n2c(N)nc3cc(I)c(F)cc32)cc1. The molecule has 0 aliphatic heterocycles. The number of aryl methyl sites for hydroxylation is 1. The van der Waals surface area contributed by atoms with Crippen LogP contribution in [0.25, 0.3) is 11.0 Å². The summed E-state index contributed by atoms with van der Waals surface area (Å²) in [6.45, 7) is 4.09. The summed E-state index contributed by atoms with van der Waals surface area (Å²) in [7, 11) is 0. The van der Waals surface area contributed by atoms with Crippen LogP contribution in [0.15, 0.2) is 36.4 Å². The molecule has 5 heteroatoms. The normalized spacial score (nSPS) is 12.8. The lowest BCUT2D eigenvalue weighted by atomic mass is 10.1. The molecule has 3 rings (SSSR count). The van der Waals surface area contributed by atoms with E-state index in [4.69, 9.17) is 5.73 Å². The molecule has 21 heavy (non-hydrogen) atoms. The molecule has 1 heterocycles. The predicted molar refractivity (Wildman–Crippen MR) is 91.8 cm³/mol. The first-order valence-corrected chi connectivity index (χ1v) is 7.74. The van der Waals surface area contributed by atoms with Gasteiger partial charge in [-0.1, -0.05) is 29.8 Å². The van der Waals surface area contributed by atoms with Crippen LogP contribution >= 0.6 is 22.6 Å². The zero-order valence-electron chi connectivity index (χ0n) is 11.8. The molecule has 3 aromatic rings. The van der Waals surface area contributed by atoms with Gasteiger partial charge in [0.1, 0.15) is 5.82 Å². The van der Waals surface area contributed by atoms with Crippen molar-refractivity contribution in [1.29, 1.82) is 0 Å². The Bertz CT molecular complexity index is 808. The van der Waals surface area contributed by atoms with Crippen LogP contribution in [0.3, 0.4) is 0 Å². The van der Waals surface area contributed by atoms with Gasteiger partial charge in [0.25, 0.3) is 0 Å². The number of hydrogen-bond donors (Lipinski definition) is 1. The van der Waals surface area contributed by atoms with Crippen molar-refractivity contribution in [2.24, 2.45) is 0 Å². The fourth-order valence-electron chi connectivity index (χ4n) is 2.51. The molecule has 3 nitrogen and oxygen atoms in total. The molecule has 2 N–H and O–H groups in total. The Morgan fingerprint density at radius 2 is 1.90 bits per heavy atom. The van der Waals surface area contributed by atoms with Crippen molar-refractivity contribution in [2.45, 2.75) is 19.9 Å². The van der Waals surface area contributed by atoms with Crippen LogP contribution in [0.4, 0.5) is 10.3 Å². The van der Waals surface area contributed by atoms with E-state index in [1.54, 1.807) is 6.07 Å². The van der Waals surface area contributed by atoms with Gasteiger partial charge in [-0.2, -0.15) is 0 Å². The van der Waals surface area contributed by atoms with Crippen LogP contribution < -0.4 is 5.73 Å². The summed E-state index contributed by atoms with van der Waals surface area (Å²) in [5.41, 5.74) is 9.81. The van der Waals surface area contributed by atoms with E-state index < -0.39 is 0 Å². The topological polar surface area (TPSA) is 43.8 Å². The van der Waals surface area contributed by atoms with Gasteiger partial charge in [0.2, 0.25) is 5.95 Å². The quantitative estimate of drug-likeness (QED) is 0.659. The Morgan fingerprint density at radius 3 is 2.57 bits per heavy atom. The van der Waals surface area contributed by atoms with Crippen molar-refractivity contribution in [3.63, 3.8) is 0 Å². The Labute approximate surface area is 136 Å². The summed E-state index contributed by atoms with van der Waals surface area (Å²) >= 11 is 1.96. The van der Waals surface area contributed by atoms with E-state index in [0.29, 0.717) is 9.52 Å². The molecule has 0 spiro atoms. The number of anilines is 1. The average Bonchev–Trinajstić information content (AvgIpc) is 2.75. The summed E-state index contributed by atoms with van der Waals surface area (Å²) in [5, 5.41) is 0.